The third-order valence-electron chi connectivity index (χ3n) is 1.68. The van der Waals surface area contributed by atoms with E-state index in [1.165, 1.54) is 24.5 Å². The van der Waals surface area contributed by atoms with E-state index in [2.05, 4.69) is 11.3 Å². The van der Waals surface area contributed by atoms with Gasteiger partial charge >= 0.3 is 5.97 Å². The molecule has 0 unspecified atom stereocenters. The molecule has 0 bridgehead atoms. The molecule has 0 atom stereocenters. The number of nitrogens with one attached hydrogen (secondary N) is 1. The van der Waals surface area contributed by atoms with Crippen molar-refractivity contribution in [2.45, 2.75) is 6.42 Å². The van der Waals surface area contributed by atoms with Gasteiger partial charge in [0.15, 0.2) is 0 Å². The lowest BCUT2D eigenvalue weighted by molar-refractivity contribution is -0.139. The Bertz CT molecular complexity index is 368. The normalized spacial score (nSPS) is 9.50. The van der Waals surface area contributed by atoms with Gasteiger partial charge in [0.25, 0.3) is 0 Å². The summed E-state index contributed by atoms with van der Waals surface area (Å²) >= 11 is 1.41. The molecule has 0 aliphatic rings. The van der Waals surface area contributed by atoms with E-state index in [1.54, 1.807) is 0 Å². The van der Waals surface area contributed by atoms with Crippen molar-refractivity contribution in [1.29, 1.82) is 5.41 Å². The number of carbonyl (C=O) groups excluding carboxylic acids is 1. The molecule has 14 heavy (non-hydrogen) atoms. The summed E-state index contributed by atoms with van der Waals surface area (Å²) in [6.07, 6.45) is 1.75. The predicted octanol–water partition coefficient (Wildman–Crippen LogP) is 2.02. The molecule has 74 valence electrons. The Morgan fingerprint density at radius 3 is 3.00 bits per heavy atom. The monoisotopic (exact) mass is 209 g/mol. The summed E-state index contributed by atoms with van der Waals surface area (Å²) in [6.45, 7) is 3.51. The summed E-state index contributed by atoms with van der Waals surface area (Å²) in [5.74, 6) is -0.261. The molecule has 4 heteroatoms. The highest BCUT2D eigenvalue weighted by Crippen LogP contribution is 2.18. The minimum atomic E-state index is -0.261. The van der Waals surface area contributed by atoms with Gasteiger partial charge in [-0.15, -0.1) is 11.3 Å². The first-order chi connectivity index (χ1) is 6.67. The molecular formula is C10H11NO2S. The van der Waals surface area contributed by atoms with E-state index in [0.717, 1.165) is 9.75 Å². The quantitative estimate of drug-likeness (QED) is 0.609. The molecule has 0 amide bonds. The fraction of sp³-hybridized carbons (Fsp3) is 0.200. The van der Waals surface area contributed by atoms with Crippen LogP contribution >= 0.6 is 11.3 Å². The molecule has 0 radical (unpaired) electrons. The number of hydrogen-bond donors (Lipinski definition) is 1. The number of hydrogen-bond acceptors (Lipinski definition) is 4. The van der Waals surface area contributed by atoms with Crippen molar-refractivity contribution in [3.63, 3.8) is 0 Å². The maximum Gasteiger partial charge on any atom is 0.310 e. The largest absolute Gasteiger partial charge is 0.469 e. The Balaban J connectivity index is 2.73. The average Bonchev–Trinajstić information content (AvgIpc) is 2.65. The smallest absolute Gasteiger partial charge is 0.310 e. The summed E-state index contributed by atoms with van der Waals surface area (Å²) in [6, 6.07) is 3.64. The number of rotatable bonds is 4. The number of thiophene rings is 1. The predicted molar refractivity (Wildman–Crippen MR) is 57.1 cm³/mol. The van der Waals surface area contributed by atoms with Crippen molar-refractivity contribution in [3.8, 4) is 0 Å². The van der Waals surface area contributed by atoms with Gasteiger partial charge in [-0.2, -0.15) is 0 Å². The van der Waals surface area contributed by atoms with Crippen molar-refractivity contribution >= 4 is 23.0 Å². The molecule has 0 aromatic carbocycles. The van der Waals surface area contributed by atoms with Gasteiger partial charge in [-0.05, 0) is 18.2 Å². The van der Waals surface area contributed by atoms with Crippen molar-refractivity contribution < 1.29 is 9.53 Å². The Labute approximate surface area is 86.5 Å². The fourth-order valence-corrected chi connectivity index (χ4v) is 1.87. The lowest BCUT2D eigenvalue weighted by Gasteiger charge is -1.94. The van der Waals surface area contributed by atoms with E-state index in [1.807, 2.05) is 12.1 Å². The minimum absolute atomic E-state index is 0.261. The molecule has 0 aliphatic carbocycles. The van der Waals surface area contributed by atoms with Crippen LogP contribution in [0.4, 0.5) is 0 Å². The van der Waals surface area contributed by atoms with Gasteiger partial charge in [-0.1, -0.05) is 6.58 Å². The van der Waals surface area contributed by atoms with E-state index >= 15 is 0 Å². The molecule has 0 saturated heterocycles. The first kappa shape index (κ1) is 10.7. The van der Waals surface area contributed by atoms with Crippen LogP contribution in [-0.2, 0) is 16.0 Å². The van der Waals surface area contributed by atoms with Crippen LogP contribution < -0.4 is 0 Å². The van der Waals surface area contributed by atoms with Crippen molar-refractivity contribution in [2.24, 2.45) is 0 Å². The number of methoxy groups -OCH3 is 1. The number of carbonyl (C=O) groups is 1. The second-order valence-electron chi connectivity index (χ2n) is 2.64. The zero-order chi connectivity index (χ0) is 10.6. The van der Waals surface area contributed by atoms with E-state index in [4.69, 9.17) is 5.41 Å². The van der Waals surface area contributed by atoms with Crippen LogP contribution in [-0.4, -0.2) is 18.8 Å². The highest BCUT2D eigenvalue weighted by atomic mass is 32.1. The lowest BCUT2D eigenvalue weighted by Crippen LogP contribution is -2.02. The van der Waals surface area contributed by atoms with E-state index in [0.29, 0.717) is 5.71 Å². The topological polar surface area (TPSA) is 50.2 Å². The third-order valence-corrected chi connectivity index (χ3v) is 2.80. The molecule has 1 aromatic rings. The Kier molecular flexibility index (Phi) is 3.59. The lowest BCUT2D eigenvalue weighted by atomic mass is 10.3. The maximum absolute atomic E-state index is 10.9. The third kappa shape index (κ3) is 2.53. The first-order valence-electron chi connectivity index (χ1n) is 4.04. The van der Waals surface area contributed by atoms with Gasteiger partial charge in [0, 0.05) is 4.88 Å². The number of esters is 1. The zero-order valence-corrected chi connectivity index (χ0v) is 8.69. The van der Waals surface area contributed by atoms with Crippen molar-refractivity contribution in [3.05, 3.63) is 34.5 Å². The van der Waals surface area contributed by atoms with Crippen LogP contribution in [0.25, 0.3) is 0 Å². The summed E-state index contributed by atoms with van der Waals surface area (Å²) in [5.41, 5.74) is 0.381. The average molecular weight is 209 g/mol. The minimum Gasteiger partial charge on any atom is -0.469 e. The zero-order valence-electron chi connectivity index (χ0n) is 7.87. The van der Waals surface area contributed by atoms with Gasteiger partial charge in [0.2, 0.25) is 0 Å². The second kappa shape index (κ2) is 4.72. The summed E-state index contributed by atoms with van der Waals surface area (Å²) in [5, 5.41) is 7.50. The van der Waals surface area contributed by atoms with Crippen LogP contribution in [0.2, 0.25) is 0 Å². The first-order valence-corrected chi connectivity index (χ1v) is 4.86. The highest BCUT2D eigenvalue weighted by molar-refractivity contribution is 7.14. The SMILES string of the molecule is C=CC(=N)c1ccc(CC(=O)OC)s1. The van der Waals surface area contributed by atoms with Gasteiger partial charge in [0.05, 0.1) is 24.1 Å². The van der Waals surface area contributed by atoms with Crippen LogP contribution in [0.5, 0.6) is 0 Å². The molecule has 0 saturated carbocycles. The maximum atomic E-state index is 10.9. The van der Waals surface area contributed by atoms with E-state index in [9.17, 15) is 4.79 Å². The van der Waals surface area contributed by atoms with Crippen LogP contribution in [0.3, 0.4) is 0 Å². The van der Waals surface area contributed by atoms with Crippen LogP contribution in [0.15, 0.2) is 24.8 Å². The molecule has 0 fully saturated rings. The van der Waals surface area contributed by atoms with Gasteiger partial charge in [-0.3, -0.25) is 10.2 Å². The van der Waals surface area contributed by atoms with Crippen molar-refractivity contribution in [2.75, 3.05) is 7.11 Å². The van der Waals surface area contributed by atoms with Gasteiger partial charge in [-0.25, -0.2) is 0 Å². The number of ether oxygens (including phenoxy) is 1. The van der Waals surface area contributed by atoms with E-state index < -0.39 is 0 Å². The van der Waals surface area contributed by atoms with Crippen LogP contribution in [0, 0.1) is 5.41 Å². The molecule has 1 aromatic heterocycles. The molecule has 3 nitrogen and oxygen atoms in total. The Hall–Kier alpha value is -1.42. The fourth-order valence-electron chi connectivity index (χ4n) is 0.933. The van der Waals surface area contributed by atoms with Gasteiger partial charge < -0.3 is 4.74 Å². The molecule has 0 spiro atoms. The Morgan fingerprint density at radius 2 is 2.43 bits per heavy atom. The highest BCUT2D eigenvalue weighted by Gasteiger charge is 2.07. The van der Waals surface area contributed by atoms with Crippen LogP contribution in [0.1, 0.15) is 9.75 Å². The van der Waals surface area contributed by atoms with E-state index in [-0.39, 0.29) is 12.4 Å². The molecule has 1 N–H and O–H groups in total. The second-order valence-corrected chi connectivity index (χ2v) is 3.80. The molecule has 1 rings (SSSR count). The van der Waals surface area contributed by atoms with Gasteiger partial charge in [0.1, 0.15) is 0 Å². The van der Waals surface area contributed by atoms with Crippen molar-refractivity contribution in [1.82, 2.24) is 0 Å². The number of allylic oxidation sites excluding steroid dienone is 1. The Morgan fingerprint density at radius 1 is 1.71 bits per heavy atom. The summed E-state index contributed by atoms with van der Waals surface area (Å²) < 4.78 is 4.54. The molecule has 1 heterocycles. The molecule has 0 aliphatic heterocycles. The summed E-state index contributed by atoms with van der Waals surface area (Å²) in [4.78, 5) is 12.7. The standard InChI is InChI=1S/C10H11NO2S/c1-3-8(11)9-5-4-7(14-9)6-10(12)13-2/h3-5,11H,1,6H2,2H3. The molecular weight excluding hydrogens is 198 g/mol. The summed E-state index contributed by atoms with van der Waals surface area (Å²) in [7, 11) is 1.36.